The molecule has 1 atom stereocenters. The number of aliphatic carboxylic acids is 1. The Labute approximate surface area is 179 Å². The van der Waals surface area contributed by atoms with Crippen LogP contribution >= 0.6 is 0 Å². The number of hydrogen-bond donors (Lipinski definition) is 4. The summed E-state index contributed by atoms with van der Waals surface area (Å²) in [5.74, 6) is -1.15. The summed E-state index contributed by atoms with van der Waals surface area (Å²) in [5, 5.41) is 30.8. The van der Waals surface area contributed by atoms with Gasteiger partial charge < -0.3 is 25.1 Å². The molecule has 0 radical (unpaired) electrons. The molecule has 0 fully saturated rings. The molecule has 1 heterocycles. The maximum Gasteiger partial charge on any atom is 0.326 e. The smallest absolute Gasteiger partial charge is 0.326 e. The van der Waals surface area contributed by atoms with Crippen LogP contribution in [0.5, 0.6) is 5.75 Å². The number of aromatic hydroxyl groups is 1. The molecule has 31 heavy (non-hydrogen) atoms. The molecule has 0 saturated carbocycles. The summed E-state index contributed by atoms with van der Waals surface area (Å²) in [6, 6.07) is 14.4. The number of phenols is 1. The normalized spacial score (nSPS) is 12.4. The van der Waals surface area contributed by atoms with Crippen molar-refractivity contribution in [3.8, 4) is 16.9 Å². The van der Waals surface area contributed by atoms with Crippen molar-refractivity contribution in [2.45, 2.75) is 26.3 Å². The fourth-order valence-corrected chi connectivity index (χ4v) is 3.13. The predicted molar refractivity (Wildman–Crippen MR) is 116 cm³/mol. The largest absolute Gasteiger partial charge is 0.513 e. The number of furan rings is 1. The van der Waals surface area contributed by atoms with Crippen molar-refractivity contribution in [1.82, 2.24) is 5.32 Å². The van der Waals surface area contributed by atoms with E-state index in [1.807, 2.05) is 12.1 Å². The Balaban J connectivity index is 1.71. The minimum absolute atomic E-state index is 0.0288. The number of benzene rings is 2. The molecule has 3 aromatic rings. The Bertz CT molecular complexity index is 1110. The van der Waals surface area contributed by atoms with Crippen LogP contribution in [0, 0.1) is 6.92 Å². The van der Waals surface area contributed by atoms with Crippen LogP contribution in [0.4, 0.5) is 0 Å². The van der Waals surface area contributed by atoms with E-state index in [1.165, 1.54) is 19.1 Å². The Morgan fingerprint density at radius 3 is 2.16 bits per heavy atom. The number of allylic oxidation sites excluding steroid dienone is 1. The van der Waals surface area contributed by atoms with E-state index in [2.05, 4.69) is 5.32 Å². The highest BCUT2D eigenvalue weighted by Gasteiger charge is 2.23. The molecule has 0 aliphatic rings. The van der Waals surface area contributed by atoms with E-state index in [0.29, 0.717) is 11.3 Å². The van der Waals surface area contributed by atoms with Gasteiger partial charge in [0.1, 0.15) is 17.6 Å². The molecule has 0 spiro atoms. The lowest BCUT2D eigenvalue weighted by Crippen LogP contribution is -2.42. The first-order valence-corrected chi connectivity index (χ1v) is 9.62. The number of aliphatic hydroxyl groups excluding tert-OH is 1. The molecule has 0 bridgehead atoms. The highest BCUT2D eigenvalue weighted by Crippen LogP contribution is 2.23. The highest BCUT2D eigenvalue weighted by molar-refractivity contribution is 5.95. The van der Waals surface area contributed by atoms with Crippen molar-refractivity contribution in [2.24, 2.45) is 0 Å². The van der Waals surface area contributed by atoms with Crippen LogP contribution in [0.15, 0.2) is 64.8 Å². The van der Waals surface area contributed by atoms with E-state index in [9.17, 15) is 24.9 Å². The number of phenolic OH excluding ortho intramolecular Hbond substituents is 1. The van der Waals surface area contributed by atoms with E-state index in [-0.39, 0.29) is 23.7 Å². The summed E-state index contributed by atoms with van der Waals surface area (Å²) in [7, 11) is 0. The number of aliphatic hydroxyl groups is 1. The molecule has 7 nitrogen and oxygen atoms in total. The van der Waals surface area contributed by atoms with Gasteiger partial charge in [0.25, 0.3) is 5.91 Å². The first-order chi connectivity index (χ1) is 14.7. The van der Waals surface area contributed by atoms with Crippen LogP contribution in [-0.2, 0) is 11.2 Å². The predicted octanol–water partition coefficient (Wildman–Crippen LogP) is 4.31. The number of rotatable bonds is 7. The van der Waals surface area contributed by atoms with Crippen LogP contribution in [0.3, 0.4) is 0 Å². The molecule has 0 aliphatic carbocycles. The summed E-state index contributed by atoms with van der Waals surface area (Å²) >= 11 is 0. The average Bonchev–Trinajstić information content (AvgIpc) is 3.08. The van der Waals surface area contributed by atoms with E-state index in [4.69, 9.17) is 4.42 Å². The third kappa shape index (κ3) is 5.54. The zero-order chi connectivity index (χ0) is 22.5. The summed E-state index contributed by atoms with van der Waals surface area (Å²) < 4.78 is 5.40. The number of amides is 1. The molecule has 1 unspecified atom stereocenters. The average molecular weight is 421 g/mol. The fraction of sp³-hybridized carbons (Fsp3) is 0.167. The van der Waals surface area contributed by atoms with Gasteiger partial charge >= 0.3 is 5.97 Å². The third-order valence-electron chi connectivity index (χ3n) is 4.74. The van der Waals surface area contributed by atoms with Crippen LogP contribution in [-0.4, -0.2) is 33.2 Å². The number of carbonyl (C=O) groups excluding carboxylic acids is 1. The number of nitrogens with one attached hydrogen (secondary N) is 1. The van der Waals surface area contributed by atoms with Gasteiger partial charge in [0, 0.05) is 12.0 Å². The lowest BCUT2D eigenvalue weighted by atomic mass is 10.0. The number of carboxylic acid groups (broad SMARTS) is 1. The molecule has 1 aromatic heterocycles. The van der Waals surface area contributed by atoms with E-state index in [1.54, 1.807) is 43.3 Å². The van der Waals surface area contributed by atoms with Gasteiger partial charge in [0.05, 0.1) is 5.76 Å². The Kier molecular flexibility index (Phi) is 6.45. The third-order valence-corrected chi connectivity index (χ3v) is 4.74. The topological polar surface area (TPSA) is 120 Å². The van der Waals surface area contributed by atoms with E-state index >= 15 is 0 Å². The zero-order valence-electron chi connectivity index (χ0n) is 17.1. The Morgan fingerprint density at radius 2 is 1.61 bits per heavy atom. The molecule has 3 rings (SSSR count). The minimum atomic E-state index is -1.16. The Morgan fingerprint density at radius 1 is 1.03 bits per heavy atom. The van der Waals surface area contributed by atoms with Gasteiger partial charge in [0.2, 0.25) is 0 Å². The van der Waals surface area contributed by atoms with E-state index in [0.717, 1.165) is 16.7 Å². The molecule has 0 saturated heterocycles. The summed E-state index contributed by atoms with van der Waals surface area (Å²) in [5.41, 5.74) is 3.13. The summed E-state index contributed by atoms with van der Waals surface area (Å²) in [6.45, 7) is 3.15. The summed E-state index contributed by atoms with van der Waals surface area (Å²) in [4.78, 5) is 24.2. The highest BCUT2D eigenvalue weighted by atomic mass is 16.4. The second kappa shape index (κ2) is 9.21. The van der Waals surface area contributed by atoms with Gasteiger partial charge in [-0.1, -0.05) is 36.4 Å². The molecular weight excluding hydrogens is 398 g/mol. The molecule has 7 heteroatoms. The zero-order valence-corrected chi connectivity index (χ0v) is 17.1. The summed E-state index contributed by atoms with van der Waals surface area (Å²) in [6.07, 6.45) is 1.55. The maximum absolute atomic E-state index is 12.5. The molecule has 4 N–H and O–H groups in total. The van der Waals surface area contributed by atoms with Crippen molar-refractivity contribution in [3.63, 3.8) is 0 Å². The first-order valence-electron chi connectivity index (χ1n) is 9.62. The molecule has 0 aliphatic heterocycles. The lowest BCUT2D eigenvalue weighted by molar-refractivity contribution is -0.139. The number of carbonyl (C=O) groups is 2. The molecular formula is C24H23NO6. The second-order valence-corrected chi connectivity index (χ2v) is 7.22. The number of aryl methyl sites for hydroxylation is 1. The quantitative estimate of drug-likeness (QED) is 0.422. The van der Waals surface area contributed by atoms with Crippen LogP contribution in [0.25, 0.3) is 17.2 Å². The molecule has 2 aromatic carbocycles. The Hall–Kier alpha value is -4.00. The SMILES string of the molecule is C/C(O)=C\c1cc(C(=O)NC(Cc2ccc(-c3ccc(O)cc3)cc2)C(=O)O)oc1C. The fourth-order valence-electron chi connectivity index (χ4n) is 3.13. The number of hydrogen-bond acceptors (Lipinski definition) is 5. The van der Waals surface area contributed by atoms with Crippen molar-refractivity contribution < 1.29 is 29.3 Å². The van der Waals surface area contributed by atoms with E-state index < -0.39 is 17.9 Å². The maximum atomic E-state index is 12.5. The minimum Gasteiger partial charge on any atom is -0.513 e. The lowest BCUT2D eigenvalue weighted by Gasteiger charge is -2.14. The van der Waals surface area contributed by atoms with Gasteiger partial charge in [-0.15, -0.1) is 0 Å². The van der Waals surface area contributed by atoms with Crippen molar-refractivity contribution in [2.75, 3.05) is 0 Å². The second-order valence-electron chi connectivity index (χ2n) is 7.22. The molecule has 160 valence electrons. The van der Waals surface area contributed by atoms with Crippen LogP contribution < -0.4 is 5.32 Å². The number of carboxylic acids is 1. The van der Waals surface area contributed by atoms with Gasteiger partial charge in [-0.05, 0) is 54.8 Å². The van der Waals surface area contributed by atoms with Crippen molar-refractivity contribution in [3.05, 3.63) is 83.0 Å². The standard InChI is InChI=1S/C24H23NO6/c1-14(26)11-19-13-22(31-15(19)2)23(28)25-21(24(29)30)12-16-3-5-17(6-4-16)18-7-9-20(27)10-8-18/h3-11,13,21,26-27H,12H2,1-2H3,(H,25,28)(H,29,30)/b14-11+. The van der Waals surface area contributed by atoms with Gasteiger partial charge in [-0.25, -0.2) is 4.79 Å². The van der Waals surface area contributed by atoms with Gasteiger partial charge in [-0.3, -0.25) is 4.79 Å². The first kappa shape index (κ1) is 21.7. The monoisotopic (exact) mass is 421 g/mol. The van der Waals surface area contributed by atoms with Crippen molar-refractivity contribution in [1.29, 1.82) is 0 Å². The van der Waals surface area contributed by atoms with Crippen LogP contribution in [0.1, 0.15) is 34.4 Å². The van der Waals surface area contributed by atoms with Crippen molar-refractivity contribution >= 4 is 18.0 Å². The van der Waals surface area contributed by atoms with Gasteiger partial charge in [0.15, 0.2) is 5.76 Å². The van der Waals surface area contributed by atoms with Gasteiger partial charge in [-0.2, -0.15) is 0 Å². The molecule has 1 amide bonds. The van der Waals surface area contributed by atoms with Crippen LogP contribution in [0.2, 0.25) is 0 Å².